The maximum Gasteiger partial charge on any atom is 0.320 e. The molecule has 0 aliphatic rings. The van der Waals surface area contributed by atoms with Gasteiger partial charge in [-0.25, -0.2) is 4.98 Å². The predicted octanol–water partition coefficient (Wildman–Crippen LogP) is 4.45. The van der Waals surface area contributed by atoms with E-state index >= 15 is 0 Å². The molecule has 0 fully saturated rings. The van der Waals surface area contributed by atoms with E-state index in [1.807, 2.05) is 54.6 Å². The molecular weight excluding hydrogens is 382 g/mol. The highest BCUT2D eigenvalue weighted by Gasteiger charge is 2.27. The minimum atomic E-state index is -0.701. The van der Waals surface area contributed by atoms with Crippen LogP contribution in [0.2, 0.25) is 0 Å². The number of carbonyl (C=O) groups excluding carboxylic acids is 2. The highest BCUT2D eigenvalue weighted by Crippen LogP contribution is 2.33. The third-order valence-electron chi connectivity index (χ3n) is 3.66. The molecule has 1 heterocycles. The predicted molar refractivity (Wildman–Crippen MR) is 107 cm³/mol. The molecule has 0 amide bonds. The van der Waals surface area contributed by atoms with Crippen molar-refractivity contribution in [3.8, 4) is 0 Å². The second-order valence-electron chi connectivity index (χ2n) is 5.66. The smallest absolute Gasteiger partial charge is 0.320 e. The van der Waals surface area contributed by atoms with E-state index in [0.29, 0.717) is 0 Å². The van der Waals surface area contributed by atoms with Crippen LogP contribution in [0.15, 0.2) is 58.9 Å². The van der Waals surface area contributed by atoms with Gasteiger partial charge in [-0.3, -0.25) is 9.59 Å². The first-order chi connectivity index (χ1) is 13.2. The average molecular weight is 402 g/mol. The Kier molecular flexibility index (Phi) is 6.84. The van der Waals surface area contributed by atoms with E-state index in [-0.39, 0.29) is 19.6 Å². The number of hydrogen-bond donors (Lipinski definition) is 0. The highest BCUT2D eigenvalue weighted by atomic mass is 32.2. The summed E-state index contributed by atoms with van der Waals surface area (Å²) in [6, 6.07) is 17.2. The zero-order valence-corrected chi connectivity index (χ0v) is 16.4. The van der Waals surface area contributed by atoms with Crippen molar-refractivity contribution in [3.05, 3.63) is 60.2 Å². The van der Waals surface area contributed by atoms with Gasteiger partial charge in [-0.05, 0) is 24.6 Å². The van der Waals surface area contributed by atoms with E-state index in [4.69, 9.17) is 9.47 Å². The fourth-order valence-electron chi connectivity index (χ4n) is 2.39. The lowest BCUT2D eigenvalue weighted by Gasteiger charge is -2.14. The van der Waals surface area contributed by atoms with E-state index in [1.165, 1.54) is 23.1 Å². The number of carbonyl (C=O) groups is 2. The van der Waals surface area contributed by atoms with Crippen molar-refractivity contribution >= 4 is 45.3 Å². The van der Waals surface area contributed by atoms with Crippen LogP contribution < -0.4 is 0 Å². The minimum Gasteiger partial charge on any atom is -0.466 e. The quantitative estimate of drug-likeness (QED) is 0.410. The van der Waals surface area contributed by atoms with Gasteiger partial charge < -0.3 is 9.47 Å². The van der Waals surface area contributed by atoms with Gasteiger partial charge in [0.05, 0.1) is 23.2 Å². The molecule has 27 heavy (non-hydrogen) atoms. The van der Waals surface area contributed by atoms with Crippen LogP contribution in [0.1, 0.15) is 18.9 Å². The molecule has 0 saturated heterocycles. The topological polar surface area (TPSA) is 65.5 Å². The van der Waals surface area contributed by atoms with Crippen molar-refractivity contribution in [2.75, 3.05) is 6.61 Å². The molecule has 140 valence electrons. The second kappa shape index (κ2) is 9.53. The molecule has 1 aromatic heterocycles. The summed E-state index contributed by atoms with van der Waals surface area (Å²) >= 11 is 2.73. The molecule has 3 aromatic rings. The van der Waals surface area contributed by atoms with Gasteiger partial charge in [-0.15, -0.1) is 11.3 Å². The lowest BCUT2D eigenvalue weighted by Crippen LogP contribution is -2.24. The minimum absolute atomic E-state index is 0.0535. The zero-order valence-electron chi connectivity index (χ0n) is 14.8. The van der Waals surface area contributed by atoms with Gasteiger partial charge in [0.2, 0.25) is 0 Å². The standard InChI is InChI=1S/C20H19NO4S2/c1-2-24-18(22)12-17(19(23)25-13-14-8-4-3-5-9-14)27-20-21-15-10-6-7-11-16(15)26-20/h3-11,17H,2,12-13H2,1H3. The molecule has 2 aromatic carbocycles. The van der Waals surface area contributed by atoms with Crippen molar-refractivity contribution in [2.45, 2.75) is 29.5 Å². The monoisotopic (exact) mass is 401 g/mol. The van der Waals surface area contributed by atoms with Gasteiger partial charge in [0.15, 0.2) is 4.34 Å². The van der Waals surface area contributed by atoms with Gasteiger partial charge in [0.1, 0.15) is 11.9 Å². The third kappa shape index (κ3) is 5.55. The average Bonchev–Trinajstić information content (AvgIpc) is 3.09. The Balaban J connectivity index is 1.70. The van der Waals surface area contributed by atoms with Crippen LogP contribution in [0.4, 0.5) is 0 Å². The number of thiazole rings is 1. The number of para-hydroxylation sites is 1. The molecular formula is C20H19NO4S2. The van der Waals surface area contributed by atoms with E-state index < -0.39 is 17.2 Å². The van der Waals surface area contributed by atoms with Gasteiger partial charge in [0, 0.05) is 0 Å². The molecule has 0 saturated carbocycles. The van der Waals surface area contributed by atoms with Crippen LogP contribution in [0.25, 0.3) is 10.2 Å². The van der Waals surface area contributed by atoms with Gasteiger partial charge in [-0.2, -0.15) is 0 Å². The highest BCUT2D eigenvalue weighted by molar-refractivity contribution is 8.02. The van der Waals surface area contributed by atoms with Crippen molar-refractivity contribution in [3.63, 3.8) is 0 Å². The zero-order chi connectivity index (χ0) is 19.1. The summed E-state index contributed by atoms with van der Waals surface area (Å²) in [5, 5.41) is -0.701. The van der Waals surface area contributed by atoms with E-state index in [9.17, 15) is 9.59 Å². The number of rotatable bonds is 8. The van der Waals surface area contributed by atoms with Crippen LogP contribution in [0.5, 0.6) is 0 Å². The summed E-state index contributed by atoms with van der Waals surface area (Å²) in [5.41, 5.74) is 1.77. The van der Waals surface area contributed by atoms with Crippen molar-refractivity contribution < 1.29 is 19.1 Å². The summed E-state index contributed by atoms with van der Waals surface area (Å²) in [7, 11) is 0. The van der Waals surface area contributed by atoms with E-state index in [2.05, 4.69) is 4.98 Å². The fourth-order valence-corrected chi connectivity index (χ4v) is 4.67. The van der Waals surface area contributed by atoms with Gasteiger partial charge in [-0.1, -0.05) is 54.2 Å². The maximum absolute atomic E-state index is 12.6. The molecule has 0 aliphatic carbocycles. The van der Waals surface area contributed by atoms with Gasteiger partial charge in [0.25, 0.3) is 0 Å². The molecule has 5 nitrogen and oxygen atoms in total. The van der Waals surface area contributed by atoms with Crippen LogP contribution in [0, 0.1) is 0 Å². The number of aromatic nitrogens is 1. The van der Waals surface area contributed by atoms with Crippen molar-refractivity contribution in [1.29, 1.82) is 0 Å². The lowest BCUT2D eigenvalue weighted by molar-refractivity contribution is -0.150. The first-order valence-corrected chi connectivity index (χ1v) is 10.2. The molecule has 0 aliphatic heterocycles. The Hall–Kier alpha value is -2.38. The SMILES string of the molecule is CCOC(=O)CC(Sc1nc2ccccc2s1)C(=O)OCc1ccccc1. The normalized spacial score (nSPS) is 11.9. The molecule has 1 unspecified atom stereocenters. The van der Waals surface area contributed by atoms with Crippen LogP contribution >= 0.6 is 23.1 Å². The Morgan fingerprint density at radius 3 is 2.56 bits per heavy atom. The number of esters is 2. The number of nitrogens with zero attached hydrogens (tertiary/aromatic N) is 1. The lowest BCUT2D eigenvalue weighted by atomic mass is 10.2. The van der Waals surface area contributed by atoms with Crippen molar-refractivity contribution in [2.24, 2.45) is 0 Å². The molecule has 0 radical (unpaired) electrons. The summed E-state index contributed by atoms with van der Waals surface area (Å²) in [6.07, 6.45) is -0.0535. The van der Waals surface area contributed by atoms with Crippen LogP contribution in [0.3, 0.4) is 0 Å². The summed E-state index contributed by atoms with van der Waals surface area (Å²) in [6.45, 7) is 2.18. The third-order valence-corrected chi connectivity index (χ3v) is 5.97. The second-order valence-corrected chi connectivity index (χ2v) is 8.14. The van der Waals surface area contributed by atoms with E-state index in [0.717, 1.165) is 20.1 Å². The molecule has 0 N–H and O–H groups in total. The molecule has 1 atom stereocenters. The number of fused-ring (bicyclic) bond motifs is 1. The first kappa shape index (κ1) is 19.4. The maximum atomic E-state index is 12.6. The number of ether oxygens (including phenoxy) is 2. The molecule has 7 heteroatoms. The first-order valence-electron chi connectivity index (χ1n) is 8.54. The van der Waals surface area contributed by atoms with Crippen molar-refractivity contribution in [1.82, 2.24) is 4.98 Å². The Morgan fingerprint density at radius 2 is 1.81 bits per heavy atom. The summed E-state index contributed by atoms with van der Waals surface area (Å²) in [4.78, 5) is 29.1. The largest absolute Gasteiger partial charge is 0.466 e. The van der Waals surface area contributed by atoms with Crippen LogP contribution in [-0.4, -0.2) is 28.8 Å². The summed E-state index contributed by atoms with van der Waals surface area (Å²) in [5.74, 6) is -0.871. The van der Waals surface area contributed by atoms with E-state index in [1.54, 1.807) is 6.92 Å². The molecule has 0 bridgehead atoms. The number of benzene rings is 2. The van der Waals surface area contributed by atoms with Gasteiger partial charge >= 0.3 is 11.9 Å². The molecule has 3 rings (SSSR count). The Morgan fingerprint density at radius 1 is 1.07 bits per heavy atom. The Bertz CT molecular complexity index is 878. The van der Waals surface area contributed by atoms with Crippen LogP contribution in [-0.2, 0) is 25.7 Å². The summed E-state index contributed by atoms with van der Waals surface area (Å²) < 4.78 is 12.2. The number of thioether (sulfide) groups is 1. The molecule has 0 spiro atoms. The number of hydrogen-bond acceptors (Lipinski definition) is 7. The Labute approximate surface area is 165 Å². The fraction of sp³-hybridized carbons (Fsp3) is 0.250.